The summed E-state index contributed by atoms with van der Waals surface area (Å²) in [7, 11) is 2.56. The molecule has 11 heavy (non-hydrogen) atoms. The summed E-state index contributed by atoms with van der Waals surface area (Å²) in [4.78, 5) is 4.17. The second kappa shape index (κ2) is 2.28. The Hall–Kier alpha value is -0.950. The Balaban J connectivity index is 2.86. The smallest absolute Gasteiger partial charge is 0.0880 e. The summed E-state index contributed by atoms with van der Waals surface area (Å²) in [5.41, 5.74) is 2.97. The number of aromatic amines is 1. The summed E-state index contributed by atoms with van der Waals surface area (Å²) in [6, 6.07) is 1.98. The largest absolute Gasteiger partial charge is 0.277 e. The van der Waals surface area contributed by atoms with Crippen molar-refractivity contribution in [2.45, 2.75) is 6.92 Å². The number of rotatable bonds is 0. The van der Waals surface area contributed by atoms with Crippen LogP contribution < -0.4 is 5.44 Å². The normalized spacial score (nSPS) is 10.7. The number of aryl methyl sites for hydroxylation is 1. The molecular formula is C7H8N3P. The Morgan fingerprint density at radius 1 is 1.55 bits per heavy atom. The van der Waals surface area contributed by atoms with E-state index < -0.39 is 0 Å². The van der Waals surface area contributed by atoms with Crippen LogP contribution in [0, 0.1) is 6.92 Å². The van der Waals surface area contributed by atoms with Gasteiger partial charge in [0.15, 0.2) is 0 Å². The fourth-order valence-corrected chi connectivity index (χ4v) is 1.33. The van der Waals surface area contributed by atoms with Crippen molar-refractivity contribution >= 4 is 25.6 Å². The zero-order valence-corrected chi connectivity index (χ0v) is 7.28. The minimum Gasteiger partial charge on any atom is -0.277 e. The van der Waals surface area contributed by atoms with Gasteiger partial charge in [-0.15, -0.1) is 0 Å². The van der Waals surface area contributed by atoms with Crippen LogP contribution in [0.4, 0.5) is 0 Å². The number of pyridine rings is 1. The predicted octanol–water partition coefficient (Wildman–Crippen LogP) is 0.767. The number of hydrogen-bond acceptors (Lipinski definition) is 2. The van der Waals surface area contributed by atoms with Crippen LogP contribution in [0.2, 0.25) is 0 Å². The van der Waals surface area contributed by atoms with E-state index in [2.05, 4.69) is 24.4 Å². The predicted molar refractivity (Wildman–Crippen MR) is 48.0 cm³/mol. The number of nitrogens with zero attached hydrogens (tertiary/aromatic N) is 2. The van der Waals surface area contributed by atoms with Crippen molar-refractivity contribution in [1.82, 2.24) is 15.2 Å². The van der Waals surface area contributed by atoms with Crippen LogP contribution in [0.1, 0.15) is 5.69 Å². The Morgan fingerprint density at radius 3 is 3.18 bits per heavy atom. The first-order chi connectivity index (χ1) is 5.27. The van der Waals surface area contributed by atoms with Gasteiger partial charge in [0, 0.05) is 17.3 Å². The molecule has 0 spiro atoms. The van der Waals surface area contributed by atoms with Crippen LogP contribution in [0.25, 0.3) is 10.9 Å². The van der Waals surface area contributed by atoms with E-state index in [0.717, 1.165) is 22.0 Å². The van der Waals surface area contributed by atoms with Gasteiger partial charge in [0.05, 0.1) is 11.0 Å². The molecule has 4 heteroatoms. The first kappa shape index (κ1) is 6.74. The molecule has 1 N–H and O–H groups in total. The fraction of sp³-hybridized carbons (Fsp3) is 0.143. The van der Waals surface area contributed by atoms with Crippen LogP contribution in [-0.2, 0) is 0 Å². The highest BCUT2D eigenvalue weighted by Crippen LogP contribution is 2.09. The zero-order valence-electron chi connectivity index (χ0n) is 6.13. The second-order valence-corrected chi connectivity index (χ2v) is 3.03. The van der Waals surface area contributed by atoms with E-state index in [1.165, 1.54) is 0 Å². The minimum absolute atomic E-state index is 0.924. The maximum atomic E-state index is 4.17. The molecule has 0 fully saturated rings. The van der Waals surface area contributed by atoms with Crippen LogP contribution in [0.15, 0.2) is 12.3 Å². The third-order valence-electron chi connectivity index (χ3n) is 1.61. The number of hydrogen-bond donors (Lipinski definition) is 1. The number of nitrogens with one attached hydrogen (secondary N) is 1. The van der Waals surface area contributed by atoms with Gasteiger partial charge in [-0.05, 0) is 13.0 Å². The van der Waals surface area contributed by atoms with Gasteiger partial charge in [0.1, 0.15) is 0 Å². The third-order valence-corrected chi connectivity index (χ3v) is 2.05. The molecule has 2 rings (SSSR count). The molecule has 2 aromatic rings. The molecule has 1 atom stereocenters. The van der Waals surface area contributed by atoms with E-state index in [-0.39, 0.29) is 0 Å². The molecule has 0 aromatic carbocycles. The summed E-state index contributed by atoms with van der Waals surface area (Å²) < 4.78 is 0. The Morgan fingerprint density at radius 2 is 2.36 bits per heavy atom. The average molecular weight is 165 g/mol. The molecule has 0 radical (unpaired) electrons. The number of aromatic nitrogens is 3. The molecule has 0 bridgehead atoms. The molecule has 0 aliphatic heterocycles. The molecule has 3 nitrogen and oxygen atoms in total. The maximum absolute atomic E-state index is 4.17. The fourth-order valence-electron chi connectivity index (χ4n) is 1.04. The standard InChI is InChI=1S/C7H8N3P/c1-4-2-6-5(3-8-4)7(11)10-9-6/h2-3H,11H2,1H3,(H,9,10). The van der Waals surface area contributed by atoms with Crippen LogP contribution >= 0.6 is 9.24 Å². The number of fused-ring (bicyclic) bond motifs is 1. The van der Waals surface area contributed by atoms with Crippen molar-refractivity contribution in [3.05, 3.63) is 18.0 Å². The first-order valence-electron chi connectivity index (χ1n) is 3.33. The van der Waals surface area contributed by atoms with Crippen molar-refractivity contribution in [1.29, 1.82) is 0 Å². The van der Waals surface area contributed by atoms with Crippen molar-refractivity contribution < 1.29 is 0 Å². The quantitative estimate of drug-likeness (QED) is 0.586. The van der Waals surface area contributed by atoms with Crippen molar-refractivity contribution in [2.75, 3.05) is 0 Å². The molecule has 0 aliphatic carbocycles. The Labute approximate surface area is 66.4 Å². The lowest BCUT2D eigenvalue weighted by Gasteiger charge is -1.90. The molecule has 0 amide bonds. The van der Waals surface area contributed by atoms with Gasteiger partial charge in [-0.1, -0.05) is 9.24 Å². The van der Waals surface area contributed by atoms with Gasteiger partial charge in [0.25, 0.3) is 0 Å². The van der Waals surface area contributed by atoms with Gasteiger partial charge in [-0.2, -0.15) is 5.10 Å². The molecule has 0 aliphatic rings. The molecule has 56 valence electrons. The van der Waals surface area contributed by atoms with Gasteiger partial charge < -0.3 is 0 Å². The lowest BCUT2D eigenvalue weighted by Crippen LogP contribution is -1.90. The Bertz CT molecular complexity index is 393. The molecule has 1 unspecified atom stereocenters. The summed E-state index contributed by atoms with van der Waals surface area (Å²) in [6.07, 6.45) is 1.83. The zero-order chi connectivity index (χ0) is 7.84. The van der Waals surface area contributed by atoms with E-state index in [9.17, 15) is 0 Å². The van der Waals surface area contributed by atoms with E-state index in [1.54, 1.807) is 0 Å². The van der Waals surface area contributed by atoms with E-state index >= 15 is 0 Å². The third kappa shape index (κ3) is 1.02. The topological polar surface area (TPSA) is 41.6 Å². The number of H-pyrrole nitrogens is 1. The highest BCUT2D eigenvalue weighted by Gasteiger charge is 1.99. The SMILES string of the molecule is Cc1cc2[nH]nc(P)c2cn1. The lowest BCUT2D eigenvalue weighted by atomic mass is 10.3. The second-order valence-electron chi connectivity index (χ2n) is 2.48. The summed E-state index contributed by atoms with van der Waals surface area (Å²) in [6.45, 7) is 1.96. The van der Waals surface area contributed by atoms with Gasteiger partial charge in [0.2, 0.25) is 0 Å². The summed E-state index contributed by atoms with van der Waals surface area (Å²) >= 11 is 0. The van der Waals surface area contributed by atoms with Crippen LogP contribution in [0.3, 0.4) is 0 Å². The summed E-state index contributed by atoms with van der Waals surface area (Å²) in [5, 5.41) is 8.02. The highest BCUT2D eigenvalue weighted by molar-refractivity contribution is 7.27. The van der Waals surface area contributed by atoms with Crippen LogP contribution in [-0.4, -0.2) is 15.2 Å². The van der Waals surface area contributed by atoms with Crippen molar-refractivity contribution in [2.24, 2.45) is 0 Å². The van der Waals surface area contributed by atoms with Gasteiger partial charge in [-0.25, -0.2) is 0 Å². The molecule has 2 heterocycles. The van der Waals surface area contributed by atoms with Crippen LogP contribution in [0.5, 0.6) is 0 Å². The first-order valence-corrected chi connectivity index (χ1v) is 3.91. The average Bonchev–Trinajstić information content (AvgIpc) is 2.32. The van der Waals surface area contributed by atoms with Crippen molar-refractivity contribution in [3.8, 4) is 0 Å². The maximum Gasteiger partial charge on any atom is 0.0880 e. The minimum atomic E-state index is 0.924. The molecule has 0 saturated carbocycles. The molecule has 0 saturated heterocycles. The highest BCUT2D eigenvalue weighted by atomic mass is 31.0. The van der Waals surface area contributed by atoms with E-state index in [1.807, 2.05) is 19.2 Å². The van der Waals surface area contributed by atoms with E-state index in [4.69, 9.17) is 0 Å². The van der Waals surface area contributed by atoms with Gasteiger partial charge in [-0.3, -0.25) is 10.1 Å². The Kier molecular flexibility index (Phi) is 1.40. The lowest BCUT2D eigenvalue weighted by molar-refractivity contribution is 1.14. The van der Waals surface area contributed by atoms with Gasteiger partial charge >= 0.3 is 0 Å². The van der Waals surface area contributed by atoms with Crippen molar-refractivity contribution in [3.63, 3.8) is 0 Å². The molecular weight excluding hydrogens is 157 g/mol. The monoisotopic (exact) mass is 165 g/mol. The summed E-state index contributed by atoms with van der Waals surface area (Å²) in [5.74, 6) is 0. The molecule has 2 aromatic heterocycles. The van der Waals surface area contributed by atoms with E-state index in [0.29, 0.717) is 0 Å².